The number of carbonyl (C=O) groups is 2. The van der Waals surface area contributed by atoms with Crippen molar-refractivity contribution in [3.8, 4) is 5.75 Å². The average Bonchev–Trinajstić information content (AvgIpc) is 3.20. The summed E-state index contributed by atoms with van der Waals surface area (Å²) in [5, 5.41) is 6.01. The topological polar surface area (TPSA) is 88.0 Å². The highest BCUT2D eigenvalue weighted by atomic mass is 79.9. The van der Waals surface area contributed by atoms with Gasteiger partial charge >= 0.3 is 6.03 Å². The van der Waals surface area contributed by atoms with Crippen molar-refractivity contribution < 1.29 is 14.3 Å². The van der Waals surface area contributed by atoms with E-state index in [9.17, 15) is 9.59 Å². The number of rotatable bonds is 8. The van der Waals surface area contributed by atoms with Gasteiger partial charge < -0.3 is 20.3 Å². The molecule has 2 aromatic heterocycles. The van der Waals surface area contributed by atoms with Gasteiger partial charge in [0.15, 0.2) is 11.4 Å². The van der Waals surface area contributed by atoms with E-state index >= 15 is 0 Å². The van der Waals surface area contributed by atoms with Crippen LogP contribution in [0, 0.1) is 6.92 Å². The summed E-state index contributed by atoms with van der Waals surface area (Å²) in [6.45, 7) is 3.77. The number of aromatic nitrogens is 2. The lowest BCUT2D eigenvalue weighted by Crippen LogP contribution is -2.40. The number of benzene rings is 2. The van der Waals surface area contributed by atoms with Gasteiger partial charge in [0.25, 0.3) is 0 Å². The third-order valence-corrected chi connectivity index (χ3v) is 7.71. The van der Waals surface area contributed by atoms with Crippen molar-refractivity contribution in [2.24, 2.45) is 0 Å². The summed E-state index contributed by atoms with van der Waals surface area (Å²) in [7, 11) is 1.58. The van der Waals surface area contributed by atoms with Crippen LogP contribution in [0.4, 0.5) is 16.2 Å². The SMILES string of the molecule is CCc1cccc(NC(=O)NCC(=O)N(C)c2ccc(Cl)c(COc3cccn4c(Br)c(C)nc34)c2Cl)c1. The number of likely N-dealkylation sites (N-methyl/N-ethyl adjacent to an activating group) is 1. The van der Waals surface area contributed by atoms with Crippen LogP contribution in [0.5, 0.6) is 5.75 Å². The van der Waals surface area contributed by atoms with E-state index < -0.39 is 6.03 Å². The Morgan fingerprint density at radius 1 is 1.16 bits per heavy atom. The second-order valence-electron chi connectivity index (χ2n) is 8.52. The Labute approximate surface area is 239 Å². The molecule has 0 bridgehead atoms. The van der Waals surface area contributed by atoms with E-state index in [0.717, 1.165) is 22.3 Å². The molecule has 0 aliphatic heterocycles. The van der Waals surface area contributed by atoms with Crippen LogP contribution in [0.2, 0.25) is 10.0 Å². The Bertz CT molecular complexity index is 1510. The molecule has 38 heavy (non-hydrogen) atoms. The number of fused-ring (bicyclic) bond motifs is 1. The Hall–Kier alpha value is -3.27. The van der Waals surface area contributed by atoms with Gasteiger partial charge in [-0.25, -0.2) is 9.78 Å². The van der Waals surface area contributed by atoms with Crippen molar-refractivity contribution in [3.63, 3.8) is 0 Å². The van der Waals surface area contributed by atoms with Gasteiger partial charge in [0, 0.05) is 29.5 Å². The third-order valence-electron chi connectivity index (χ3n) is 5.98. The van der Waals surface area contributed by atoms with Crippen LogP contribution in [0.1, 0.15) is 23.7 Å². The first-order valence-electron chi connectivity index (χ1n) is 11.8. The fourth-order valence-corrected chi connectivity index (χ4v) is 4.80. The van der Waals surface area contributed by atoms with Gasteiger partial charge in [-0.1, -0.05) is 42.3 Å². The maximum atomic E-state index is 12.9. The number of hydrogen-bond donors (Lipinski definition) is 2. The highest BCUT2D eigenvalue weighted by Gasteiger charge is 2.20. The van der Waals surface area contributed by atoms with Gasteiger partial charge in [0.1, 0.15) is 11.2 Å². The first-order chi connectivity index (χ1) is 18.2. The van der Waals surface area contributed by atoms with E-state index in [1.54, 1.807) is 25.2 Å². The fraction of sp³-hybridized carbons (Fsp3) is 0.222. The zero-order chi connectivity index (χ0) is 27.4. The van der Waals surface area contributed by atoms with Crippen molar-refractivity contribution in [2.75, 3.05) is 23.8 Å². The predicted molar refractivity (Wildman–Crippen MR) is 155 cm³/mol. The van der Waals surface area contributed by atoms with Crippen molar-refractivity contribution in [1.29, 1.82) is 0 Å². The van der Waals surface area contributed by atoms with E-state index in [4.69, 9.17) is 27.9 Å². The summed E-state index contributed by atoms with van der Waals surface area (Å²) in [4.78, 5) is 31.1. The molecule has 0 fully saturated rings. The molecule has 0 unspecified atom stereocenters. The third kappa shape index (κ3) is 6.06. The molecular formula is C27H26BrCl2N5O3. The number of urea groups is 1. The average molecular weight is 619 g/mol. The summed E-state index contributed by atoms with van der Waals surface area (Å²) >= 11 is 16.6. The van der Waals surface area contributed by atoms with Gasteiger partial charge in [0.2, 0.25) is 5.91 Å². The Kier molecular flexibility index (Phi) is 8.81. The maximum Gasteiger partial charge on any atom is 0.319 e. The standard InChI is InChI=1S/C27H26BrCl2N5O3/c1-4-17-7-5-8-18(13-17)33-27(37)31-14-23(36)34(3)21-11-10-20(29)19(24(21)30)15-38-22-9-6-12-35-25(28)16(2)32-26(22)35/h5-13H,4,14-15H2,1-3H3,(H2,31,33,37). The number of aryl methyl sites for hydroxylation is 2. The molecule has 0 aliphatic carbocycles. The summed E-state index contributed by atoms with van der Waals surface area (Å²) in [6, 6.07) is 14.0. The van der Waals surface area contributed by atoms with Crippen LogP contribution >= 0.6 is 39.1 Å². The number of pyridine rings is 1. The highest BCUT2D eigenvalue weighted by Crippen LogP contribution is 2.35. The second-order valence-corrected chi connectivity index (χ2v) is 10.1. The summed E-state index contributed by atoms with van der Waals surface area (Å²) in [5.74, 6) is 0.198. The van der Waals surface area contributed by atoms with E-state index in [2.05, 4.69) is 31.5 Å². The van der Waals surface area contributed by atoms with E-state index in [1.165, 1.54) is 4.90 Å². The molecule has 2 N–H and O–H groups in total. The minimum Gasteiger partial charge on any atom is -0.485 e. The minimum atomic E-state index is -0.480. The number of imidazole rings is 1. The molecule has 11 heteroatoms. The molecule has 2 heterocycles. The van der Waals surface area contributed by atoms with Gasteiger partial charge in [-0.2, -0.15) is 0 Å². The Morgan fingerprint density at radius 2 is 1.95 bits per heavy atom. The van der Waals surface area contributed by atoms with Crippen molar-refractivity contribution in [1.82, 2.24) is 14.7 Å². The Morgan fingerprint density at radius 3 is 2.71 bits per heavy atom. The normalized spacial score (nSPS) is 10.9. The second kappa shape index (κ2) is 12.1. The van der Waals surface area contributed by atoms with E-state index in [1.807, 2.05) is 54.8 Å². The zero-order valence-corrected chi connectivity index (χ0v) is 24.1. The minimum absolute atomic E-state index is 0.0637. The molecule has 8 nitrogen and oxygen atoms in total. The molecule has 198 valence electrons. The van der Waals surface area contributed by atoms with Gasteiger partial charge in [-0.3, -0.25) is 9.20 Å². The lowest BCUT2D eigenvalue weighted by atomic mass is 10.1. The van der Waals surface area contributed by atoms with E-state index in [-0.39, 0.29) is 24.1 Å². The molecular weight excluding hydrogens is 593 g/mol. The van der Waals surface area contributed by atoms with Crippen LogP contribution in [0.3, 0.4) is 0 Å². The zero-order valence-electron chi connectivity index (χ0n) is 21.0. The van der Waals surface area contributed by atoms with Crippen LogP contribution in [-0.2, 0) is 17.8 Å². The molecule has 0 saturated carbocycles. The molecule has 0 atom stereocenters. The van der Waals surface area contributed by atoms with Gasteiger partial charge in [0.05, 0.1) is 22.9 Å². The molecule has 0 saturated heterocycles. The maximum absolute atomic E-state index is 12.9. The van der Waals surface area contributed by atoms with Crippen molar-refractivity contribution in [2.45, 2.75) is 26.9 Å². The van der Waals surface area contributed by atoms with E-state index in [0.29, 0.717) is 33.4 Å². The Balaban J connectivity index is 1.43. The number of carbonyl (C=O) groups excluding carboxylic acids is 2. The first-order valence-corrected chi connectivity index (χ1v) is 13.4. The number of nitrogens with one attached hydrogen (secondary N) is 2. The number of halogens is 3. The smallest absolute Gasteiger partial charge is 0.319 e. The van der Waals surface area contributed by atoms with Gasteiger partial charge in [-0.05, 0) is 71.2 Å². The molecule has 3 amide bonds. The molecule has 2 aromatic carbocycles. The van der Waals surface area contributed by atoms with Crippen LogP contribution in [-0.4, -0.2) is 34.9 Å². The molecule has 4 rings (SSSR count). The van der Waals surface area contributed by atoms with Crippen molar-refractivity contribution >= 4 is 68.1 Å². The summed E-state index contributed by atoms with van der Waals surface area (Å²) < 4.78 is 8.76. The molecule has 0 spiro atoms. The van der Waals surface area contributed by atoms with Crippen LogP contribution < -0.4 is 20.3 Å². The summed E-state index contributed by atoms with van der Waals surface area (Å²) in [5.41, 5.74) is 4.20. The van der Waals surface area contributed by atoms with Gasteiger partial charge in [-0.15, -0.1) is 0 Å². The molecule has 0 radical (unpaired) electrons. The quantitative estimate of drug-likeness (QED) is 0.232. The monoisotopic (exact) mass is 617 g/mol. The molecule has 0 aliphatic rings. The van der Waals surface area contributed by atoms with Crippen LogP contribution in [0.25, 0.3) is 5.65 Å². The number of amides is 3. The predicted octanol–water partition coefficient (Wildman–Crippen LogP) is 6.64. The number of hydrogen-bond acceptors (Lipinski definition) is 4. The number of ether oxygens (including phenoxy) is 1. The first kappa shape index (κ1) is 27.8. The molecule has 4 aromatic rings. The van der Waals surface area contributed by atoms with Crippen LogP contribution in [0.15, 0.2) is 59.3 Å². The fourth-order valence-electron chi connectivity index (χ4n) is 3.82. The lowest BCUT2D eigenvalue weighted by molar-refractivity contribution is -0.117. The highest BCUT2D eigenvalue weighted by molar-refractivity contribution is 9.10. The summed E-state index contributed by atoms with van der Waals surface area (Å²) in [6.07, 6.45) is 2.73. The lowest BCUT2D eigenvalue weighted by Gasteiger charge is -2.21. The largest absolute Gasteiger partial charge is 0.485 e. The van der Waals surface area contributed by atoms with Crippen molar-refractivity contribution in [3.05, 3.63) is 86.2 Å². The number of nitrogens with zero attached hydrogens (tertiary/aromatic N) is 3. The number of anilines is 2.